The van der Waals surface area contributed by atoms with E-state index < -0.39 is 0 Å². The van der Waals surface area contributed by atoms with Gasteiger partial charge in [0.1, 0.15) is 5.82 Å². The number of carbonyl (C=O) groups is 1. The molecule has 18 heavy (non-hydrogen) atoms. The quantitative estimate of drug-likeness (QED) is 0.899. The second-order valence-corrected chi connectivity index (χ2v) is 4.08. The Morgan fingerprint density at radius 1 is 1.33 bits per heavy atom. The molecule has 94 valence electrons. The Labute approximate surface area is 106 Å². The molecule has 1 heterocycles. The Balaban J connectivity index is 2.35. The number of nitrogens with one attached hydrogen (secondary N) is 1. The summed E-state index contributed by atoms with van der Waals surface area (Å²) >= 11 is 0. The smallest absolute Gasteiger partial charge is 0.297 e. The SMILES string of the molecule is CCN(C(=O)c1n[nH]c(C)n1)c1ccccc1C. The molecular formula is C13H16N4O. The van der Waals surface area contributed by atoms with E-state index in [4.69, 9.17) is 0 Å². The summed E-state index contributed by atoms with van der Waals surface area (Å²) in [5, 5.41) is 6.60. The molecule has 0 saturated carbocycles. The van der Waals surface area contributed by atoms with Crippen LogP contribution in [0.4, 0.5) is 5.69 Å². The first kappa shape index (κ1) is 12.3. The standard InChI is InChI=1S/C13H16N4O/c1-4-17(11-8-6-5-7-9(11)2)13(18)12-14-10(3)15-16-12/h5-8H,4H2,1-3H3,(H,14,15,16). The summed E-state index contributed by atoms with van der Waals surface area (Å²) in [5.41, 5.74) is 1.95. The van der Waals surface area contributed by atoms with Gasteiger partial charge >= 0.3 is 0 Å². The van der Waals surface area contributed by atoms with Crippen LogP contribution in [0.15, 0.2) is 24.3 Å². The number of hydrogen-bond donors (Lipinski definition) is 1. The Morgan fingerprint density at radius 3 is 2.61 bits per heavy atom. The number of aromatic nitrogens is 3. The van der Waals surface area contributed by atoms with Gasteiger partial charge in [0.2, 0.25) is 5.82 Å². The van der Waals surface area contributed by atoms with E-state index in [2.05, 4.69) is 15.2 Å². The number of aryl methyl sites for hydroxylation is 2. The molecule has 0 fully saturated rings. The summed E-state index contributed by atoms with van der Waals surface area (Å²) in [6.07, 6.45) is 0. The highest BCUT2D eigenvalue weighted by Crippen LogP contribution is 2.20. The zero-order chi connectivity index (χ0) is 13.1. The predicted octanol–water partition coefficient (Wildman–Crippen LogP) is 2.09. The third-order valence-electron chi connectivity index (χ3n) is 2.76. The number of amides is 1. The zero-order valence-electron chi connectivity index (χ0n) is 10.8. The fourth-order valence-electron chi connectivity index (χ4n) is 1.85. The average molecular weight is 244 g/mol. The zero-order valence-corrected chi connectivity index (χ0v) is 10.8. The first-order chi connectivity index (χ1) is 8.63. The number of rotatable bonds is 3. The van der Waals surface area contributed by atoms with Gasteiger partial charge < -0.3 is 4.90 Å². The largest absolute Gasteiger partial charge is 0.306 e. The van der Waals surface area contributed by atoms with E-state index >= 15 is 0 Å². The highest BCUT2D eigenvalue weighted by molar-refractivity contribution is 6.03. The van der Waals surface area contributed by atoms with Crippen LogP contribution in [0, 0.1) is 13.8 Å². The average Bonchev–Trinajstić information content (AvgIpc) is 2.79. The molecule has 0 bridgehead atoms. The minimum absolute atomic E-state index is 0.184. The minimum atomic E-state index is -0.184. The van der Waals surface area contributed by atoms with Gasteiger partial charge in [-0.3, -0.25) is 9.89 Å². The monoisotopic (exact) mass is 244 g/mol. The van der Waals surface area contributed by atoms with Crippen LogP contribution in [0.25, 0.3) is 0 Å². The van der Waals surface area contributed by atoms with E-state index in [0.717, 1.165) is 11.3 Å². The molecule has 1 aromatic carbocycles. The second kappa shape index (κ2) is 5.00. The molecular weight excluding hydrogens is 228 g/mol. The summed E-state index contributed by atoms with van der Waals surface area (Å²) in [5.74, 6) is 0.660. The Morgan fingerprint density at radius 2 is 2.06 bits per heavy atom. The van der Waals surface area contributed by atoms with Gasteiger partial charge in [-0.2, -0.15) is 0 Å². The van der Waals surface area contributed by atoms with Crippen molar-refractivity contribution in [1.82, 2.24) is 15.2 Å². The van der Waals surface area contributed by atoms with Gasteiger partial charge in [-0.05, 0) is 32.4 Å². The normalized spacial score (nSPS) is 10.4. The van der Waals surface area contributed by atoms with E-state index in [1.54, 1.807) is 11.8 Å². The molecule has 5 nitrogen and oxygen atoms in total. The van der Waals surface area contributed by atoms with Gasteiger partial charge in [-0.1, -0.05) is 18.2 Å². The maximum atomic E-state index is 12.3. The fraction of sp³-hybridized carbons (Fsp3) is 0.308. The molecule has 0 aliphatic rings. The molecule has 2 aromatic rings. The predicted molar refractivity (Wildman–Crippen MR) is 69.6 cm³/mol. The van der Waals surface area contributed by atoms with E-state index in [0.29, 0.717) is 12.4 Å². The molecule has 0 radical (unpaired) electrons. The summed E-state index contributed by atoms with van der Waals surface area (Å²) in [6, 6.07) is 7.78. The van der Waals surface area contributed by atoms with Crippen molar-refractivity contribution in [3.63, 3.8) is 0 Å². The summed E-state index contributed by atoms with van der Waals surface area (Å²) in [6.45, 7) is 6.27. The van der Waals surface area contributed by atoms with Crippen molar-refractivity contribution in [3.8, 4) is 0 Å². The molecule has 1 N–H and O–H groups in total. The van der Waals surface area contributed by atoms with E-state index in [9.17, 15) is 4.79 Å². The lowest BCUT2D eigenvalue weighted by molar-refractivity contribution is 0.0978. The summed E-state index contributed by atoms with van der Waals surface area (Å²) in [7, 11) is 0. The van der Waals surface area contributed by atoms with Crippen LogP contribution in [0.1, 0.15) is 28.9 Å². The van der Waals surface area contributed by atoms with Gasteiger partial charge in [-0.25, -0.2) is 4.98 Å². The van der Waals surface area contributed by atoms with Gasteiger partial charge in [0, 0.05) is 12.2 Å². The Kier molecular flexibility index (Phi) is 3.41. The van der Waals surface area contributed by atoms with Gasteiger partial charge in [-0.15, -0.1) is 5.10 Å². The Hall–Kier alpha value is -2.17. The molecule has 0 spiro atoms. The van der Waals surface area contributed by atoms with Crippen molar-refractivity contribution < 1.29 is 4.79 Å². The molecule has 0 aliphatic heterocycles. The maximum Gasteiger partial charge on any atom is 0.297 e. The van der Waals surface area contributed by atoms with Crippen molar-refractivity contribution in [2.45, 2.75) is 20.8 Å². The first-order valence-corrected chi connectivity index (χ1v) is 5.90. The van der Waals surface area contributed by atoms with Crippen LogP contribution < -0.4 is 4.90 Å². The third kappa shape index (κ3) is 2.25. The molecule has 0 atom stereocenters. The summed E-state index contributed by atoms with van der Waals surface area (Å²) < 4.78 is 0. The number of aromatic amines is 1. The first-order valence-electron chi connectivity index (χ1n) is 5.90. The minimum Gasteiger partial charge on any atom is -0.306 e. The number of H-pyrrole nitrogens is 1. The van der Waals surface area contributed by atoms with Crippen LogP contribution in [0.3, 0.4) is 0 Å². The molecule has 1 amide bonds. The number of carbonyl (C=O) groups excluding carboxylic acids is 1. The van der Waals surface area contributed by atoms with Crippen molar-refractivity contribution >= 4 is 11.6 Å². The van der Waals surface area contributed by atoms with Gasteiger partial charge in [0.25, 0.3) is 5.91 Å². The number of hydrogen-bond acceptors (Lipinski definition) is 3. The molecule has 0 aliphatic carbocycles. The number of anilines is 1. The third-order valence-corrected chi connectivity index (χ3v) is 2.76. The van der Waals surface area contributed by atoms with E-state index in [-0.39, 0.29) is 11.7 Å². The molecule has 5 heteroatoms. The van der Waals surface area contributed by atoms with Crippen molar-refractivity contribution in [2.75, 3.05) is 11.4 Å². The molecule has 1 aromatic heterocycles. The van der Waals surface area contributed by atoms with Crippen molar-refractivity contribution in [1.29, 1.82) is 0 Å². The van der Waals surface area contributed by atoms with Gasteiger partial charge in [0.15, 0.2) is 0 Å². The van der Waals surface area contributed by atoms with Crippen molar-refractivity contribution in [3.05, 3.63) is 41.5 Å². The highest BCUT2D eigenvalue weighted by Gasteiger charge is 2.20. The molecule has 0 saturated heterocycles. The van der Waals surface area contributed by atoms with Crippen LogP contribution in [-0.4, -0.2) is 27.6 Å². The number of para-hydroxylation sites is 1. The van der Waals surface area contributed by atoms with E-state index in [1.165, 1.54) is 0 Å². The number of nitrogens with zero attached hydrogens (tertiary/aromatic N) is 3. The lowest BCUT2D eigenvalue weighted by atomic mass is 10.2. The lowest BCUT2D eigenvalue weighted by Crippen LogP contribution is -2.32. The number of benzene rings is 1. The topological polar surface area (TPSA) is 61.9 Å². The second-order valence-electron chi connectivity index (χ2n) is 4.08. The summed E-state index contributed by atoms with van der Waals surface area (Å²) in [4.78, 5) is 18.1. The highest BCUT2D eigenvalue weighted by atomic mass is 16.2. The maximum absolute atomic E-state index is 12.3. The fourth-order valence-corrected chi connectivity index (χ4v) is 1.85. The van der Waals surface area contributed by atoms with Crippen LogP contribution in [0.2, 0.25) is 0 Å². The Bertz CT molecular complexity index is 562. The van der Waals surface area contributed by atoms with Crippen molar-refractivity contribution in [2.24, 2.45) is 0 Å². The van der Waals surface area contributed by atoms with E-state index in [1.807, 2.05) is 38.1 Å². The van der Waals surface area contributed by atoms with Crippen LogP contribution in [0.5, 0.6) is 0 Å². The lowest BCUT2D eigenvalue weighted by Gasteiger charge is -2.21. The van der Waals surface area contributed by atoms with Gasteiger partial charge in [0.05, 0.1) is 0 Å². The molecule has 2 rings (SSSR count). The van der Waals surface area contributed by atoms with Crippen LogP contribution in [-0.2, 0) is 0 Å². The van der Waals surface area contributed by atoms with Crippen LogP contribution >= 0.6 is 0 Å². The molecule has 0 unspecified atom stereocenters.